The highest BCUT2D eigenvalue weighted by Crippen LogP contribution is 2.70. The highest BCUT2D eigenvalue weighted by atomic mass is 16.6. The largest absolute Gasteiger partial charge is 0.458 e. The van der Waals surface area contributed by atoms with Crippen LogP contribution in [0.15, 0.2) is 11.6 Å². The first kappa shape index (κ1) is 24.7. The minimum atomic E-state index is -0.691. The van der Waals surface area contributed by atoms with E-state index in [0.29, 0.717) is 50.3 Å². The Morgan fingerprint density at radius 1 is 1.03 bits per heavy atom. The third-order valence-electron chi connectivity index (χ3n) is 11.9. The molecule has 8 atom stereocenters. The van der Waals surface area contributed by atoms with Gasteiger partial charge in [0.2, 0.25) is 0 Å². The molecule has 7 heteroatoms. The maximum absolute atomic E-state index is 12.8. The highest BCUT2D eigenvalue weighted by Gasteiger charge is 2.67. The zero-order chi connectivity index (χ0) is 25.3. The van der Waals surface area contributed by atoms with Crippen molar-refractivity contribution in [3.05, 3.63) is 11.6 Å². The molecule has 1 saturated heterocycles. The van der Waals surface area contributed by atoms with E-state index in [4.69, 9.17) is 9.47 Å². The van der Waals surface area contributed by atoms with Crippen LogP contribution in [-0.2, 0) is 14.3 Å². The number of carbonyl (C=O) groups excluding carboxylic acids is 2. The number of hydrogen-bond donors (Lipinski definition) is 2. The summed E-state index contributed by atoms with van der Waals surface area (Å²) in [6.45, 7) is 6.26. The topological polar surface area (TPSA) is 96.3 Å². The number of aliphatic hydroxyl groups is 2. The van der Waals surface area contributed by atoms with Crippen LogP contribution in [0.5, 0.6) is 0 Å². The van der Waals surface area contributed by atoms with Gasteiger partial charge < -0.3 is 24.6 Å². The minimum Gasteiger partial charge on any atom is -0.458 e. The van der Waals surface area contributed by atoms with E-state index in [1.54, 1.807) is 11.0 Å². The van der Waals surface area contributed by atoms with Crippen LogP contribution in [0.4, 0.5) is 4.79 Å². The molecule has 36 heavy (non-hydrogen) atoms. The summed E-state index contributed by atoms with van der Waals surface area (Å²) < 4.78 is 11.2. The van der Waals surface area contributed by atoms with Crippen molar-refractivity contribution in [2.45, 2.75) is 102 Å². The number of hydrogen-bond acceptors (Lipinski definition) is 6. The van der Waals surface area contributed by atoms with Gasteiger partial charge >= 0.3 is 12.1 Å². The van der Waals surface area contributed by atoms with Crippen molar-refractivity contribution < 1.29 is 29.3 Å². The van der Waals surface area contributed by atoms with Crippen molar-refractivity contribution in [1.29, 1.82) is 0 Å². The second kappa shape index (κ2) is 8.72. The fourth-order valence-corrected chi connectivity index (χ4v) is 9.74. The number of likely N-dealkylation sites (tertiary alicyclic amines) is 1. The molecule has 4 unspecified atom stereocenters. The fourth-order valence-electron chi connectivity index (χ4n) is 9.74. The van der Waals surface area contributed by atoms with Crippen molar-refractivity contribution in [1.82, 2.24) is 4.90 Å². The Bertz CT molecular complexity index is 942. The van der Waals surface area contributed by atoms with Gasteiger partial charge in [-0.1, -0.05) is 13.8 Å². The number of nitrogens with zero attached hydrogens (tertiary/aromatic N) is 1. The number of rotatable bonds is 2. The first-order valence-corrected chi connectivity index (χ1v) is 14.4. The SMILES string of the molecule is C[C@]12CC[C@H](OC(=O)N3CCC(O)CC3)CC1CCC1C2CC[C@]2(C)C(C3=CC(=O)OC3)CC[C@]12O. The number of amides is 1. The van der Waals surface area contributed by atoms with Gasteiger partial charge in [-0.3, -0.25) is 0 Å². The van der Waals surface area contributed by atoms with Crippen LogP contribution in [0.3, 0.4) is 0 Å². The molecule has 0 aromatic heterocycles. The van der Waals surface area contributed by atoms with Crippen LogP contribution in [0.2, 0.25) is 0 Å². The van der Waals surface area contributed by atoms with E-state index in [1.807, 2.05) is 0 Å². The van der Waals surface area contributed by atoms with Gasteiger partial charge in [-0.2, -0.15) is 0 Å². The van der Waals surface area contributed by atoms with Gasteiger partial charge in [-0.25, -0.2) is 9.59 Å². The van der Waals surface area contributed by atoms with Gasteiger partial charge in [0.05, 0.1) is 11.7 Å². The summed E-state index contributed by atoms with van der Waals surface area (Å²) in [6, 6.07) is 0. The Labute approximate surface area is 214 Å². The first-order valence-electron chi connectivity index (χ1n) is 14.4. The van der Waals surface area contributed by atoms with Gasteiger partial charge in [-0.05, 0) is 105 Å². The molecule has 0 bridgehead atoms. The zero-order valence-corrected chi connectivity index (χ0v) is 21.9. The van der Waals surface area contributed by atoms with E-state index in [0.717, 1.165) is 63.4 Å². The lowest BCUT2D eigenvalue weighted by atomic mass is 9.43. The van der Waals surface area contributed by atoms with Crippen molar-refractivity contribution in [2.75, 3.05) is 19.7 Å². The predicted octanol–water partition coefficient (Wildman–Crippen LogP) is 4.21. The molecule has 0 aromatic carbocycles. The number of ether oxygens (including phenoxy) is 2. The average molecular weight is 502 g/mol. The summed E-state index contributed by atoms with van der Waals surface area (Å²) in [5, 5.41) is 22.1. The normalized spacial score (nSPS) is 46.9. The third kappa shape index (κ3) is 3.66. The molecule has 2 heterocycles. The van der Waals surface area contributed by atoms with Crippen LogP contribution in [0, 0.1) is 34.5 Å². The number of carbonyl (C=O) groups is 2. The summed E-state index contributed by atoms with van der Waals surface area (Å²) in [5.74, 6) is 1.29. The molecule has 7 nitrogen and oxygen atoms in total. The molecule has 0 radical (unpaired) electrons. The Balaban J connectivity index is 1.14. The molecule has 6 rings (SSSR count). The molecule has 4 aliphatic carbocycles. The van der Waals surface area contributed by atoms with Gasteiger partial charge in [0.15, 0.2) is 0 Å². The number of piperidine rings is 1. The second-order valence-corrected chi connectivity index (χ2v) is 13.3. The zero-order valence-electron chi connectivity index (χ0n) is 21.9. The average Bonchev–Trinajstić information content (AvgIpc) is 3.39. The summed E-state index contributed by atoms with van der Waals surface area (Å²) in [4.78, 5) is 26.3. The van der Waals surface area contributed by atoms with Gasteiger partial charge in [-0.15, -0.1) is 0 Å². The van der Waals surface area contributed by atoms with Crippen LogP contribution >= 0.6 is 0 Å². The van der Waals surface area contributed by atoms with Crippen LogP contribution in [-0.4, -0.2) is 64.7 Å². The number of aliphatic hydroxyl groups excluding tert-OH is 1. The Kier molecular flexibility index (Phi) is 5.99. The summed E-state index contributed by atoms with van der Waals surface area (Å²) in [5.41, 5.74) is 0.360. The molecule has 0 spiro atoms. The maximum atomic E-state index is 12.8. The van der Waals surface area contributed by atoms with E-state index in [9.17, 15) is 19.8 Å². The standard InChI is InChI=1S/C29H43NO6/c1-27-10-5-21(36-26(33)30-13-8-20(31)9-14-30)16-19(27)3-4-24-23(27)6-11-28(2)22(7-12-29(24,28)34)18-15-25(32)35-17-18/h15,19-24,31,34H,3-14,16-17H2,1-2H3/t19?,21-,22?,23?,24?,27-,28+,29-/m0/s1. The molecule has 6 aliphatic rings. The highest BCUT2D eigenvalue weighted by molar-refractivity contribution is 5.85. The quantitative estimate of drug-likeness (QED) is 0.551. The van der Waals surface area contributed by atoms with E-state index in [1.165, 1.54) is 0 Å². The van der Waals surface area contributed by atoms with Crippen molar-refractivity contribution in [2.24, 2.45) is 34.5 Å². The van der Waals surface area contributed by atoms with Gasteiger partial charge in [0.25, 0.3) is 0 Å². The summed E-state index contributed by atoms with van der Waals surface area (Å²) >= 11 is 0. The van der Waals surface area contributed by atoms with E-state index in [-0.39, 0.29) is 41.0 Å². The van der Waals surface area contributed by atoms with E-state index >= 15 is 0 Å². The first-order chi connectivity index (χ1) is 17.1. The fraction of sp³-hybridized carbons (Fsp3) is 0.862. The second-order valence-electron chi connectivity index (χ2n) is 13.3. The number of esters is 1. The van der Waals surface area contributed by atoms with Crippen LogP contribution < -0.4 is 0 Å². The maximum Gasteiger partial charge on any atom is 0.410 e. The van der Waals surface area contributed by atoms with Gasteiger partial charge in [0, 0.05) is 24.6 Å². The van der Waals surface area contributed by atoms with Gasteiger partial charge in [0.1, 0.15) is 12.7 Å². The summed E-state index contributed by atoms with van der Waals surface area (Å²) in [7, 11) is 0. The van der Waals surface area contributed by atoms with E-state index in [2.05, 4.69) is 13.8 Å². The lowest BCUT2D eigenvalue weighted by Crippen LogP contribution is -2.62. The lowest BCUT2D eigenvalue weighted by molar-refractivity contribution is -0.208. The molecule has 2 aliphatic heterocycles. The molecule has 200 valence electrons. The van der Waals surface area contributed by atoms with Crippen molar-refractivity contribution in [3.63, 3.8) is 0 Å². The molecule has 1 amide bonds. The molecule has 2 N–H and O–H groups in total. The molecule has 0 aromatic rings. The number of cyclic esters (lactones) is 1. The minimum absolute atomic E-state index is 0.0291. The van der Waals surface area contributed by atoms with Crippen molar-refractivity contribution in [3.8, 4) is 0 Å². The Hall–Kier alpha value is -1.60. The Morgan fingerprint density at radius 3 is 2.53 bits per heavy atom. The van der Waals surface area contributed by atoms with E-state index < -0.39 is 5.60 Å². The molecular formula is C29H43NO6. The summed E-state index contributed by atoms with van der Waals surface area (Å²) in [6.07, 6.45) is 11.2. The van der Waals surface area contributed by atoms with Crippen LogP contribution in [0.1, 0.15) is 84.5 Å². The van der Waals surface area contributed by atoms with Crippen molar-refractivity contribution >= 4 is 12.1 Å². The third-order valence-corrected chi connectivity index (χ3v) is 11.9. The molecule has 4 saturated carbocycles. The number of fused-ring (bicyclic) bond motifs is 5. The Morgan fingerprint density at radius 2 is 1.81 bits per heavy atom. The molecular weight excluding hydrogens is 458 g/mol. The predicted molar refractivity (Wildman–Crippen MR) is 133 cm³/mol. The lowest BCUT2D eigenvalue weighted by Gasteiger charge is -2.63. The molecule has 5 fully saturated rings. The monoisotopic (exact) mass is 501 g/mol. The smallest absolute Gasteiger partial charge is 0.410 e. The van der Waals surface area contributed by atoms with Crippen LogP contribution in [0.25, 0.3) is 0 Å².